The molecule has 0 atom stereocenters. The quantitative estimate of drug-likeness (QED) is 0.842. The van der Waals surface area contributed by atoms with Gasteiger partial charge in [0.05, 0.1) is 11.6 Å². The Morgan fingerprint density at radius 3 is 3.08 bits per heavy atom. The highest BCUT2D eigenvalue weighted by Gasteiger charge is 2.01. The van der Waals surface area contributed by atoms with Crippen molar-refractivity contribution >= 4 is 33.2 Å². The molecule has 0 saturated heterocycles. The summed E-state index contributed by atoms with van der Waals surface area (Å²) in [4.78, 5) is 16.3. The average Bonchev–Trinajstić information content (AvgIpc) is 2.49. The van der Waals surface area contributed by atoms with E-state index in [0.29, 0.717) is 18.3 Å². The Kier molecular flexibility index (Phi) is 4.38. The highest BCUT2D eigenvalue weighted by molar-refractivity contribution is 9.09. The zero-order valence-corrected chi connectivity index (χ0v) is 9.74. The minimum absolute atomic E-state index is 0.0722. The summed E-state index contributed by atoms with van der Waals surface area (Å²) in [5.74, 6) is 0.0722. The number of rotatable bonds is 4. The lowest BCUT2D eigenvalue weighted by atomic mass is 10.4. The summed E-state index contributed by atoms with van der Waals surface area (Å²) in [6.07, 6.45) is 2.33. The van der Waals surface area contributed by atoms with E-state index < -0.39 is 0 Å². The summed E-state index contributed by atoms with van der Waals surface area (Å²) in [7, 11) is 0. The highest BCUT2D eigenvalue weighted by Crippen LogP contribution is 2.10. The maximum atomic E-state index is 11.1. The van der Waals surface area contributed by atoms with Crippen LogP contribution in [0.5, 0.6) is 0 Å². The molecule has 0 fully saturated rings. The van der Waals surface area contributed by atoms with E-state index in [1.807, 2.05) is 6.92 Å². The second-order valence-corrected chi connectivity index (χ2v) is 4.67. The summed E-state index contributed by atoms with van der Waals surface area (Å²) in [6.45, 7) is 2.55. The summed E-state index contributed by atoms with van der Waals surface area (Å²) in [6, 6.07) is 0. The Labute approximate surface area is 89.7 Å². The van der Waals surface area contributed by atoms with Gasteiger partial charge < -0.3 is 5.32 Å². The molecule has 0 aliphatic rings. The van der Waals surface area contributed by atoms with Gasteiger partial charge in [0.2, 0.25) is 5.91 Å². The molecule has 0 radical (unpaired) electrons. The third kappa shape index (κ3) is 3.87. The van der Waals surface area contributed by atoms with Crippen molar-refractivity contribution in [2.24, 2.45) is 0 Å². The van der Waals surface area contributed by atoms with Gasteiger partial charge in [-0.25, -0.2) is 4.98 Å². The smallest absolute Gasteiger partial charge is 0.221 e. The first-order chi connectivity index (χ1) is 6.22. The summed E-state index contributed by atoms with van der Waals surface area (Å²) >= 11 is 4.82. The molecule has 1 N–H and O–H groups in total. The molecule has 3 nitrogen and oxygen atoms in total. The van der Waals surface area contributed by atoms with Crippen LogP contribution in [0, 0.1) is 6.92 Å². The molecule has 1 rings (SSSR count). The number of aryl methyl sites for hydroxylation is 1. The van der Waals surface area contributed by atoms with Gasteiger partial charge >= 0.3 is 0 Å². The Bertz CT molecular complexity index is 287. The van der Waals surface area contributed by atoms with E-state index >= 15 is 0 Å². The molecule has 0 bridgehead atoms. The molecule has 0 aliphatic heterocycles. The number of carbonyl (C=O) groups is 1. The van der Waals surface area contributed by atoms with Crippen LogP contribution in [0.3, 0.4) is 0 Å². The molecular weight excluding hydrogens is 252 g/mol. The van der Waals surface area contributed by atoms with Gasteiger partial charge in [-0.1, -0.05) is 15.9 Å². The van der Waals surface area contributed by atoms with Crippen molar-refractivity contribution in [2.75, 3.05) is 5.33 Å². The minimum atomic E-state index is 0.0722. The minimum Gasteiger partial charge on any atom is -0.351 e. The molecule has 1 amide bonds. The zero-order valence-electron chi connectivity index (χ0n) is 7.34. The topological polar surface area (TPSA) is 42.0 Å². The normalized spacial score (nSPS) is 10.0. The number of nitrogens with zero attached hydrogens (tertiary/aromatic N) is 1. The zero-order chi connectivity index (χ0) is 9.68. The number of amides is 1. The van der Waals surface area contributed by atoms with E-state index in [0.717, 1.165) is 9.88 Å². The van der Waals surface area contributed by atoms with Crippen LogP contribution in [0.2, 0.25) is 0 Å². The average molecular weight is 263 g/mol. The maximum Gasteiger partial charge on any atom is 0.221 e. The monoisotopic (exact) mass is 262 g/mol. The highest BCUT2D eigenvalue weighted by atomic mass is 79.9. The van der Waals surface area contributed by atoms with E-state index in [1.54, 1.807) is 17.5 Å². The van der Waals surface area contributed by atoms with Crippen molar-refractivity contribution in [2.45, 2.75) is 19.9 Å². The molecule has 0 saturated carbocycles. The Hall–Kier alpha value is -0.420. The molecule has 1 aromatic heterocycles. The van der Waals surface area contributed by atoms with Crippen LogP contribution in [-0.4, -0.2) is 16.2 Å². The second-order valence-electron chi connectivity index (χ2n) is 2.56. The van der Waals surface area contributed by atoms with Crippen LogP contribution >= 0.6 is 27.3 Å². The van der Waals surface area contributed by atoms with Crippen LogP contribution in [0.25, 0.3) is 0 Å². The number of carbonyl (C=O) groups excluding carboxylic acids is 1. The lowest BCUT2D eigenvalue weighted by Gasteiger charge is -1.99. The van der Waals surface area contributed by atoms with Gasteiger partial charge in [-0.05, 0) is 6.92 Å². The fraction of sp³-hybridized carbons (Fsp3) is 0.500. The number of aromatic nitrogens is 1. The number of thiazole rings is 1. The summed E-state index contributed by atoms with van der Waals surface area (Å²) < 4.78 is 0. The molecule has 1 aromatic rings. The van der Waals surface area contributed by atoms with Crippen molar-refractivity contribution in [3.63, 3.8) is 0 Å². The third-order valence-electron chi connectivity index (χ3n) is 1.45. The van der Waals surface area contributed by atoms with Gasteiger partial charge in [0.15, 0.2) is 0 Å². The van der Waals surface area contributed by atoms with Gasteiger partial charge in [0, 0.05) is 22.8 Å². The van der Waals surface area contributed by atoms with Crippen LogP contribution in [0.15, 0.2) is 6.20 Å². The predicted octanol–water partition coefficient (Wildman–Crippen LogP) is 1.85. The van der Waals surface area contributed by atoms with E-state index in [4.69, 9.17) is 0 Å². The molecule has 0 aliphatic carbocycles. The predicted molar refractivity (Wildman–Crippen MR) is 57.1 cm³/mol. The third-order valence-corrected chi connectivity index (χ3v) is 2.76. The summed E-state index contributed by atoms with van der Waals surface area (Å²) in [5, 5.41) is 4.56. The number of nitrogens with one attached hydrogen (secondary N) is 1. The standard InChI is InChI=1S/C8H11BrN2OS/c1-6-10-4-7(13-6)5-11-8(12)2-3-9/h4H,2-3,5H2,1H3,(H,11,12). The van der Waals surface area contributed by atoms with E-state index in [9.17, 15) is 4.79 Å². The fourth-order valence-electron chi connectivity index (χ4n) is 0.847. The molecule has 0 spiro atoms. The van der Waals surface area contributed by atoms with Crippen LogP contribution in [0.1, 0.15) is 16.3 Å². The fourth-order valence-corrected chi connectivity index (χ4v) is 1.94. The van der Waals surface area contributed by atoms with Gasteiger partial charge in [-0.2, -0.15) is 0 Å². The largest absolute Gasteiger partial charge is 0.351 e. The summed E-state index contributed by atoms with van der Waals surface area (Å²) in [5.41, 5.74) is 0. The van der Waals surface area contributed by atoms with Gasteiger partial charge in [0.1, 0.15) is 0 Å². The lowest BCUT2D eigenvalue weighted by Crippen LogP contribution is -2.22. The second kappa shape index (κ2) is 5.34. The molecule has 13 heavy (non-hydrogen) atoms. The van der Waals surface area contributed by atoms with Crippen LogP contribution in [0.4, 0.5) is 0 Å². The van der Waals surface area contributed by atoms with Gasteiger partial charge in [0.25, 0.3) is 0 Å². The first-order valence-electron chi connectivity index (χ1n) is 3.96. The number of alkyl halides is 1. The first-order valence-corrected chi connectivity index (χ1v) is 5.90. The Morgan fingerprint density at radius 2 is 2.54 bits per heavy atom. The van der Waals surface area contributed by atoms with E-state index in [2.05, 4.69) is 26.2 Å². The van der Waals surface area contributed by atoms with Crippen LogP contribution < -0.4 is 5.32 Å². The molecule has 1 heterocycles. The number of hydrogen-bond acceptors (Lipinski definition) is 3. The molecular formula is C8H11BrN2OS. The Balaban J connectivity index is 2.30. The number of halogens is 1. The van der Waals surface area contributed by atoms with Gasteiger partial charge in [-0.3, -0.25) is 4.79 Å². The lowest BCUT2D eigenvalue weighted by molar-refractivity contribution is -0.120. The first kappa shape index (κ1) is 10.7. The molecule has 0 aromatic carbocycles. The van der Waals surface area contributed by atoms with Crippen molar-refractivity contribution in [1.29, 1.82) is 0 Å². The van der Waals surface area contributed by atoms with Crippen LogP contribution in [-0.2, 0) is 11.3 Å². The van der Waals surface area contributed by atoms with Crippen molar-refractivity contribution in [3.05, 3.63) is 16.1 Å². The van der Waals surface area contributed by atoms with Crippen molar-refractivity contribution in [3.8, 4) is 0 Å². The van der Waals surface area contributed by atoms with Gasteiger partial charge in [-0.15, -0.1) is 11.3 Å². The van der Waals surface area contributed by atoms with Crippen molar-refractivity contribution < 1.29 is 4.79 Å². The SMILES string of the molecule is Cc1ncc(CNC(=O)CCBr)s1. The molecule has 72 valence electrons. The number of hydrogen-bond donors (Lipinski definition) is 1. The van der Waals surface area contributed by atoms with Crippen molar-refractivity contribution in [1.82, 2.24) is 10.3 Å². The Morgan fingerprint density at radius 1 is 1.77 bits per heavy atom. The molecule has 0 unspecified atom stereocenters. The molecule has 5 heteroatoms. The maximum absolute atomic E-state index is 11.1. The van der Waals surface area contributed by atoms with E-state index in [-0.39, 0.29) is 5.91 Å². The van der Waals surface area contributed by atoms with E-state index in [1.165, 1.54) is 0 Å².